The van der Waals surface area contributed by atoms with E-state index in [2.05, 4.69) is 20.9 Å². The SMILES string of the molecule is Cn1c2c(c3ccc(-n4ccc(OCc5ccc(Cl)cn5)cc4=O)nc31)CCNCC2. The van der Waals surface area contributed by atoms with Gasteiger partial charge in [0.2, 0.25) is 0 Å². The smallest absolute Gasteiger partial charge is 0.259 e. The van der Waals surface area contributed by atoms with Crippen LogP contribution in [0.4, 0.5) is 0 Å². The Balaban J connectivity index is 1.42. The predicted molar refractivity (Wildman–Crippen MR) is 120 cm³/mol. The molecule has 0 bridgehead atoms. The molecule has 1 N–H and O–H groups in total. The Morgan fingerprint density at radius 2 is 2.03 bits per heavy atom. The highest BCUT2D eigenvalue weighted by molar-refractivity contribution is 6.30. The lowest BCUT2D eigenvalue weighted by atomic mass is 10.1. The van der Waals surface area contributed by atoms with Crippen LogP contribution in [0.3, 0.4) is 0 Å². The van der Waals surface area contributed by atoms with Gasteiger partial charge >= 0.3 is 0 Å². The van der Waals surface area contributed by atoms with E-state index in [-0.39, 0.29) is 12.2 Å². The quantitative estimate of drug-likeness (QED) is 0.533. The van der Waals surface area contributed by atoms with E-state index in [4.69, 9.17) is 21.3 Å². The van der Waals surface area contributed by atoms with Crippen molar-refractivity contribution in [2.75, 3.05) is 13.1 Å². The highest BCUT2D eigenvalue weighted by Crippen LogP contribution is 2.27. The maximum Gasteiger partial charge on any atom is 0.259 e. The van der Waals surface area contributed by atoms with Gasteiger partial charge in [-0.15, -0.1) is 0 Å². The Bertz CT molecular complexity index is 1310. The van der Waals surface area contributed by atoms with Gasteiger partial charge in [-0.2, -0.15) is 0 Å². The van der Waals surface area contributed by atoms with Crippen molar-refractivity contribution in [1.82, 2.24) is 24.4 Å². The number of ether oxygens (including phenoxy) is 1. The Morgan fingerprint density at radius 1 is 1.16 bits per heavy atom. The third-order valence-electron chi connectivity index (χ3n) is 5.66. The van der Waals surface area contributed by atoms with E-state index in [1.54, 1.807) is 30.6 Å². The second-order valence-corrected chi connectivity index (χ2v) is 8.04. The number of hydrogen-bond donors (Lipinski definition) is 1. The Morgan fingerprint density at radius 3 is 2.84 bits per heavy atom. The van der Waals surface area contributed by atoms with Crippen molar-refractivity contribution in [2.24, 2.45) is 7.05 Å². The molecule has 0 atom stereocenters. The molecule has 8 heteroatoms. The van der Waals surface area contributed by atoms with Crippen molar-refractivity contribution in [3.05, 3.63) is 81.1 Å². The maximum atomic E-state index is 12.8. The van der Waals surface area contributed by atoms with E-state index >= 15 is 0 Å². The summed E-state index contributed by atoms with van der Waals surface area (Å²) in [5, 5.41) is 5.18. The molecule has 0 radical (unpaired) electrons. The fourth-order valence-electron chi connectivity index (χ4n) is 4.08. The largest absolute Gasteiger partial charge is 0.487 e. The molecule has 0 spiro atoms. The first-order valence-electron chi connectivity index (χ1n) is 10.2. The highest BCUT2D eigenvalue weighted by Gasteiger charge is 2.18. The topological polar surface area (TPSA) is 74.0 Å². The molecule has 158 valence electrons. The van der Waals surface area contributed by atoms with Crippen LogP contribution in [0.5, 0.6) is 5.75 Å². The maximum absolute atomic E-state index is 12.8. The second kappa shape index (κ2) is 8.17. The van der Waals surface area contributed by atoms with Crippen LogP contribution >= 0.6 is 11.6 Å². The van der Waals surface area contributed by atoms with Gasteiger partial charge in [-0.25, -0.2) is 4.98 Å². The Kier molecular flexibility index (Phi) is 5.21. The second-order valence-electron chi connectivity index (χ2n) is 7.60. The first-order valence-corrected chi connectivity index (χ1v) is 10.6. The number of rotatable bonds is 4. The van der Waals surface area contributed by atoms with Gasteiger partial charge in [-0.3, -0.25) is 14.3 Å². The van der Waals surface area contributed by atoms with Crippen LogP contribution in [0.2, 0.25) is 5.02 Å². The van der Waals surface area contributed by atoms with Crippen molar-refractivity contribution >= 4 is 22.6 Å². The zero-order valence-electron chi connectivity index (χ0n) is 17.1. The number of pyridine rings is 3. The van der Waals surface area contributed by atoms with Crippen molar-refractivity contribution in [3.63, 3.8) is 0 Å². The van der Waals surface area contributed by atoms with Gasteiger partial charge in [0.25, 0.3) is 5.56 Å². The summed E-state index contributed by atoms with van der Waals surface area (Å²) < 4.78 is 9.40. The number of hydrogen-bond acceptors (Lipinski definition) is 5. The van der Waals surface area contributed by atoms with E-state index in [9.17, 15) is 4.79 Å². The molecule has 0 unspecified atom stereocenters. The molecule has 0 saturated carbocycles. The minimum Gasteiger partial charge on any atom is -0.487 e. The van der Waals surface area contributed by atoms with Gasteiger partial charge in [-0.05, 0) is 48.9 Å². The monoisotopic (exact) mass is 435 g/mol. The highest BCUT2D eigenvalue weighted by atomic mass is 35.5. The van der Waals surface area contributed by atoms with Crippen molar-refractivity contribution in [1.29, 1.82) is 0 Å². The van der Waals surface area contributed by atoms with Crippen molar-refractivity contribution in [3.8, 4) is 11.6 Å². The van der Waals surface area contributed by atoms with E-state index in [0.29, 0.717) is 16.6 Å². The lowest BCUT2D eigenvalue weighted by Gasteiger charge is -2.09. The summed E-state index contributed by atoms with van der Waals surface area (Å²) in [5.41, 5.74) is 4.11. The normalized spacial score (nSPS) is 13.7. The van der Waals surface area contributed by atoms with E-state index in [1.807, 2.05) is 13.1 Å². The molecule has 4 aromatic heterocycles. The van der Waals surface area contributed by atoms with Crippen molar-refractivity contribution < 1.29 is 4.74 Å². The minimum absolute atomic E-state index is 0.201. The lowest BCUT2D eigenvalue weighted by Crippen LogP contribution is -2.18. The summed E-state index contributed by atoms with van der Waals surface area (Å²) in [7, 11) is 2.05. The van der Waals surface area contributed by atoms with Crippen LogP contribution in [-0.4, -0.2) is 32.2 Å². The first kappa shape index (κ1) is 19.8. The zero-order valence-corrected chi connectivity index (χ0v) is 17.9. The summed E-state index contributed by atoms with van der Waals surface area (Å²) in [6.07, 6.45) is 5.23. The van der Waals surface area contributed by atoms with Gasteiger partial charge in [0.15, 0.2) is 0 Å². The summed E-state index contributed by atoms with van der Waals surface area (Å²) >= 11 is 5.85. The third kappa shape index (κ3) is 3.82. The third-order valence-corrected chi connectivity index (χ3v) is 5.88. The van der Waals surface area contributed by atoms with Crippen LogP contribution in [0.1, 0.15) is 17.0 Å². The number of nitrogens with zero attached hydrogens (tertiary/aromatic N) is 4. The standard InChI is InChI=1S/C23H22ClN5O2/c1-28-20-7-10-25-9-6-18(20)19-4-5-21(27-23(19)28)29-11-8-17(12-22(29)30)31-14-16-3-2-15(24)13-26-16/h2-5,8,11-13,25H,6-7,9-10,14H2,1H3. The molecule has 0 saturated heterocycles. The molecule has 0 aromatic carbocycles. The molecule has 4 aromatic rings. The molecule has 5 rings (SSSR count). The minimum atomic E-state index is -0.201. The average Bonchev–Trinajstić information content (AvgIpc) is 2.93. The lowest BCUT2D eigenvalue weighted by molar-refractivity contribution is 0.300. The van der Waals surface area contributed by atoms with E-state index < -0.39 is 0 Å². The fourth-order valence-corrected chi connectivity index (χ4v) is 4.19. The molecule has 0 fully saturated rings. The number of nitrogens with one attached hydrogen (secondary N) is 1. The van der Waals surface area contributed by atoms with E-state index in [0.717, 1.165) is 42.7 Å². The van der Waals surface area contributed by atoms with E-state index in [1.165, 1.54) is 21.9 Å². The van der Waals surface area contributed by atoms with Crippen LogP contribution in [0, 0.1) is 0 Å². The molecule has 1 aliphatic rings. The number of halogens is 1. The van der Waals surface area contributed by atoms with Gasteiger partial charge in [0, 0.05) is 49.6 Å². The molecular formula is C23H22ClN5O2. The fraction of sp³-hybridized carbons (Fsp3) is 0.261. The molecule has 1 aliphatic heterocycles. The summed E-state index contributed by atoms with van der Waals surface area (Å²) in [5.74, 6) is 1.08. The predicted octanol–water partition coefficient (Wildman–Crippen LogP) is 3.04. The van der Waals surface area contributed by atoms with Crippen LogP contribution in [0.15, 0.2) is 53.6 Å². The molecular weight excluding hydrogens is 414 g/mol. The zero-order chi connectivity index (χ0) is 21.4. The molecule has 0 amide bonds. The van der Waals surface area contributed by atoms with Gasteiger partial charge in [-0.1, -0.05) is 11.6 Å². The summed E-state index contributed by atoms with van der Waals surface area (Å²) in [6, 6.07) is 10.8. The van der Waals surface area contributed by atoms with Crippen LogP contribution < -0.4 is 15.6 Å². The number of aryl methyl sites for hydroxylation is 1. The molecule has 31 heavy (non-hydrogen) atoms. The first-order chi connectivity index (χ1) is 15.1. The Labute approximate surface area is 184 Å². The summed E-state index contributed by atoms with van der Waals surface area (Å²) in [4.78, 5) is 21.8. The molecule has 5 heterocycles. The number of fused-ring (bicyclic) bond motifs is 3. The Hall–Kier alpha value is -3.16. The molecule has 0 aliphatic carbocycles. The average molecular weight is 436 g/mol. The van der Waals surface area contributed by atoms with Crippen molar-refractivity contribution in [2.45, 2.75) is 19.4 Å². The van der Waals surface area contributed by atoms with Crippen LogP contribution in [0.25, 0.3) is 16.9 Å². The number of aromatic nitrogens is 4. The van der Waals surface area contributed by atoms with Gasteiger partial charge in [0.1, 0.15) is 23.8 Å². The van der Waals surface area contributed by atoms with Gasteiger partial charge in [0.05, 0.1) is 10.7 Å². The van der Waals surface area contributed by atoms with Gasteiger partial charge < -0.3 is 14.6 Å². The molecule has 7 nitrogen and oxygen atoms in total. The van der Waals surface area contributed by atoms with Crippen LogP contribution in [-0.2, 0) is 26.5 Å². The summed E-state index contributed by atoms with van der Waals surface area (Å²) in [6.45, 7) is 2.20.